The third kappa shape index (κ3) is 2.90. The molecule has 4 heterocycles. The maximum atomic E-state index is 11.6. The van der Waals surface area contributed by atoms with E-state index in [0.29, 0.717) is 18.8 Å². The molecule has 1 amide bonds. The number of carbonyl (C=O) groups excluding carboxylic acids is 1. The molecule has 0 bridgehead atoms. The van der Waals surface area contributed by atoms with E-state index in [-0.39, 0.29) is 17.9 Å². The number of aryl methyl sites for hydroxylation is 1. The predicted molar refractivity (Wildman–Crippen MR) is 108 cm³/mol. The van der Waals surface area contributed by atoms with Gasteiger partial charge < -0.3 is 14.6 Å². The highest BCUT2D eigenvalue weighted by Crippen LogP contribution is 2.32. The van der Waals surface area contributed by atoms with E-state index < -0.39 is 0 Å². The highest BCUT2D eigenvalue weighted by Gasteiger charge is 2.29. The van der Waals surface area contributed by atoms with Gasteiger partial charge in [0.15, 0.2) is 0 Å². The van der Waals surface area contributed by atoms with E-state index in [2.05, 4.69) is 21.4 Å². The Morgan fingerprint density at radius 1 is 1.29 bits per heavy atom. The van der Waals surface area contributed by atoms with Crippen molar-refractivity contribution in [2.45, 2.75) is 19.4 Å². The number of thiazole rings is 1. The zero-order valence-corrected chi connectivity index (χ0v) is 16.4. The fourth-order valence-corrected chi connectivity index (χ4v) is 4.28. The minimum Gasteiger partial charge on any atom is -0.473 e. The number of hydrogen-bond donors (Lipinski definition) is 1. The van der Waals surface area contributed by atoms with Gasteiger partial charge in [-0.25, -0.2) is 15.0 Å². The van der Waals surface area contributed by atoms with E-state index in [1.807, 2.05) is 42.2 Å². The third-order valence-corrected chi connectivity index (χ3v) is 6.07. The summed E-state index contributed by atoms with van der Waals surface area (Å²) in [6.07, 6.45) is 2.11. The van der Waals surface area contributed by atoms with Crippen LogP contribution in [0.1, 0.15) is 13.3 Å². The molecule has 4 aromatic rings. The highest BCUT2D eigenvalue weighted by atomic mass is 32.1. The van der Waals surface area contributed by atoms with Crippen molar-refractivity contribution in [2.24, 2.45) is 13.0 Å². The first-order valence-corrected chi connectivity index (χ1v) is 10.1. The molecule has 1 aliphatic rings. The molecule has 0 aliphatic carbocycles. The summed E-state index contributed by atoms with van der Waals surface area (Å²) in [6, 6.07) is 8.12. The highest BCUT2D eigenvalue weighted by molar-refractivity contribution is 7.16. The summed E-state index contributed by atoms with van der Waals surface area (Å²) in [4.78, 5) is 25.3. The van der Waals surface area contributed by atoms with Crippen LogP contribution in [0, 0.1) is 5.92 Å². The molecule has 1 saturated heterocycles. The summed E-state index contributed by atoms with van der Waals surface area (Å²) in [5.41, 5.74) is 6.25. The average Bonchev–Trinajstić information content (AvgIpc) is 3.41. The van der Waals surface area contributed by atoms with Gasteiger partial charge in [-0.15, -0.1) is 11.3 Å². The number of carbonyl (C=O) groups is 1. The van der Waals surface area contributed by atoms with Crippen molar-refractivity contribution in [3.05, 3.63) is 36.1 Å². The summed E-state index contributed by atoms with van der Waals surface area (Å²) in [6.45, 7) is 2.62. The topological polar surface area (TPSA) is 81.9 Å². The van der Waals surface area contributed by atoms with Crippen molar-refractivity contribution in [3.63, 3.8) is 0 Å². The summed E-state index contributed by atoms with van der Waals surface area (Å²) in [7, 11) is 1.93. The quantitative estimate of drug-likeness (QED) is 0.576. The van der Waals surface area contributed by atoms with Crippen LogP contribution in [0.15, 0.2) is 36.1 Å². The van der Waals surface area contributed by atoms with Crippen LogP contribution >= 0.6 is 11.3 Å². The van der Waals surface area contributed by atoms with Gasteiger partial charge in [0.05, 0.1) is 33.3 Å². The van der Waals surface area contributed by atoms with Crippen molar-refractivity contribution < 1.29 is 9.53 Å². The standard InChI is InChI=1S/C20H19N5O2S/c1-11(13-6-18(26)21-8-13)27-20-19-16(22-9-25(19)2)7-14(24-20)12-3-4-17-15(5-12)23-10-28-17/h3-5,7,9-11,13H,6,8H2,1-2H3,(H,21,26)/t11-,13-/m1/s1. The molecule has 1 N–H and O–H groups in total. The second-order valence-corrected chi connectivity index (χ2v) is 8.05. The van der Waals surface area contributed by atoms with E-state index in [4.69, 9.17) is 9.72 Å². The Kier molecular flexibility index (Phi) is 4.01. The number of imidazole rings is 1. The zero-order chi connectivity index (χ0) is 19.3. The van der Waals surface area contributed by atoms with Crippen LogP contribution in [0.3, 0.4) is 0 Å². The Labute approximate surface area is 165 Å². The van der Waals surface area contributed by atoms with Crippen molar-refractivity contribution in [3.8, 4) is 17.1 Å². The monoisotopic (exact) mass is 393 g/mol. The lowest BCUT2D eigenvalue weighted by molar-refractivity contribution is -0.119. The van der Waals surface area contributed by atoms with Crippen LogP contribution in [0.25, 0.3) is 32.5 Å². The summed E-state index contributed by atoms with van der Waals surface area (Å²) in [5.74, 6) is 0.745. The molecule has 2 atom stereocenters. The SMILES string of the molecule is C[C@@H](Oc1nc(-c2ccc3scnc3c2)cc2ncn(C)c12)[C@H]1CNC(=O)C1. The summed E-state index contributed by atoms with van der Waals surface area (Å²) >= 11 is 1.62. The normalized spacial score (nSPS) is 17.9. The molecule has 5 rings (SSSR count). The van der Waals surface area contributed by atoms with E-state index in [9.17, 15) is 4.79 Å². The number of rotatable bonds is 4. The number of amides is 1. The van der Waals surface area contributed by atoms with Crippen LogP contribution in [0.4, 0.5) is 0 Å². The van der Waals surface area contributed by atoms with E-state index >= 15 is 0 Å². The van der Waals surface area contributed by atoms with Crippen LogP contribution in [0.2, 0.25) is 0 Å². The number of fused-ring (bicyclic) bond motifs is 2. The Morgan fingerprint density at radius 3 is 3.00 bits per heavy atom. The molecule has 1 aliphatic heterocycles. The lowest BCUT2D eigenvalue weighted by atomic mass is 10.0. The van der Waals surface area contributed by atoms with Gasteiger partial charge in [-0.1, -0.05) is 6.07 Å². The fourth-order valence-electron chi connectivity index (χ4n) is 3.62. The molecule has 0 unspecified atom stereocenters. The molecule has 28 heavy (non-hydrogen) atoms. The van der Waals surface area contributed by atoms with Gasteiger partial charge in [-0.2, -0.15) is 0 Å². The molecule has 1 aromatic carbocycles. The fraction of sp³-hybridized carbons (Fsp3) is 0.300. The largest absolute Gasteiger partial charge is 0.473 e. The van der Waals surface area contributed by atoms with Crippen molar-refractivity contribution in [1.29, 1.82) is 0 Å². The predicted octanol–water partition coefficient (Wildman–Crippen LogP) is 3.15. The first-order valence-electron chi connectivity index (χ1n) is 9.17. The smallest absolute Gasteiger partial charge is 0.241 e. The maximum Gasteiger partial charge on any atom is 0.241 e. The number of benzene rings is 1. The zero-order valence-electron chi connectivity index (χ0n) is 15.5. The van der Waals surface area contributed by atoms with Gasteiger partial charge >= 0.3 is 0 Å². The number of hydrogen-bond acceptors (Lipinski definition) is 6. The van der Waals surface area contributed by atoms with Crippen molar-refractivity contribution >= 4 is 38.5 Å². The van der Waals surface area contributed by atoms with Crippen LogP contribution in [-0.4, -0.2) is 38.1 Å². The molecular formula is C20H19N5O2S. The Bertz CT molecular complexity index is 1200. The summed E-state index contributed by atoms with van der Waals surface area (Å²) in [5, 5.41) is 2.87. The molecule has 8 heteroatoms. The number of nitrogens with one attached hydrogen (secondary N) is 1. The molecule has 142 valence electrons. The molecule has 1 fully saturated rings. The molecule has 0 saturated carbocycles. The Balaban J connectivity index is 1.57. The van der Waals surface area contributed by atoms with E-state index in [1.165, 1.54) is 0 Å². The second-order valence-electron chi connectivity index (χ2n) is 7.16. The van der Waals surface area contributed by atoms with Crippen LogP contribution < -0.4 is 10.1 Å². The Morgan fingerprint density at radius 2 is 2.18 bits per heavy atom. The minimum absolute atomic E-state index is 0.0735. The molecule has 7 nitrogen and oxygen atoms in total. The first kappa shape index (κ1) is 17.1. The molecule has 0 radical (unpaired) electrons. The van der Waals surface area contributed by atoms with Gasteiger partial charge in [0.2, 0.25) is 11.8 Å². The van der Waals surface area contributed by atoms with Gasteiger partial charge in [0, 0.05) is 31.5 Å². The minimum atomic E-state index is -0.138. The first-order chi connectivity index (χ1) is 13.6. The molecule has 0 spiro atoms. The van der Waals surface area contributed by atoms with Gasteiger partial charge in [-0.3, -0.25) is 4.79 Å². The number of ether oxygens (including phenoxy) is 1. The summed E-state index contributed by atoms with van der Waals surface area (Å²) < 4.78 is 9.31. The van der Waals surface area contributed by atoms with Crippen molar-refractivity contribution in [1.82, 2.24) is 24.8 Å². The van der Waals surface area contributed by atoms with Crippen molar-refractivity contribution in [2.75, 3.05) is 6.54 Å². The van der Waals surface area contributed by atoms with Crippen LogP contribution in [-0.2, 0) is 11.8 Å². The number of aromatic nitrogens is 4. The third-order valence-electron chi connectivity index (χ3n) is 5.26. The molecule has 3 aromatic heterocycles. The lowest BCUT2D eigenvalue weighted by Crippen LogP contribution is -2.26. The lowest BCUT2D eigenvalue weighted by Gasteiger charge is -2.20. The van der Waals surface area contributed by atoms with E-state index in [0.717, 1.165) is 32.5 Å². The van der Waals surface area contributed by atoms with Gasteiger partial charge in [0.25, 0.3) is 0 Å². The van der Waals surface area contributed by atoms with E-state index in [1.54, 1.807) is 17.7 Å². The maximum absolute atomic E-state index is 11.6. The molecular weight excluding hydrogens is 374 g/mol. The number of pyridine rings is 1. The van der Waals surface area contributed by atoms with Crippen LogP contribution in [0.5, 0.6) is 5.88 Å². The van der Waals surface area contributed by atoms with Gasteiger partial charge in [0.1, 0.15) is 11.6 Å². The Hall–Kier alpha value is -3.00. The van der Waals surface area contributed by atoms with Gasteiger partial charge in [-0.05, 0) is 25.1 Å². The second kappa shape index (κ2) is 6.56. The number of nitrogens with zero attached hydrogens (tertiary/aromatic N) is 4. The average molecular weight is 393 g/mol.